The van der Waals surface area contributed by atoms with Gasteiger partial charge in [-0.1, -0.05) is 31.0 Å². The molecule has 0 fully saturated rings. The molecule has 0 bridgehead atoms. The number of anilines is 1. The fraction of sp³-hybridized carbons (Fsp3) is 0.364. The minimum absolute atomic E-state index is 0.0169. The highest BCUT2D eigenvalue weighted by Crippen LogP contribution is 2.22. The van der Waals surface area contributed by atoms with E-state index in [1.54, 1.807) is 6.07 Å². The molecule has 0 aliphatic carbocycles. The first-order valence-corrected chi connectivity index (χ1v) is 5.26. The zero-order chi connectivity index (χ0) is 11.3. The lowest BCUT2D eigenvalue weighted by Gasteiger charge is -2.06. The molecule has 0 saturated heterocycles. The molecule has 1 aromatic carbocycles. The Kier molecular flexibility index (Phi) is 4.56. The molecule has 2 nitrogen and oxygen atoms in total. The lowest BCUT2D eigenvalue weighted by molar-refractivity contribution is -0.116. The van der Waals surface area contributed by atoms with Crippen LogP contribution < -0.4 is 5.32 Å². The fourth-order valence-electron chi connectivity index (χ4n) is 1.15. The van der Waals surface area contributed by atoms with E-state index >= 15 is 0 Å². The van der Waals surface area contributed by atoms with Crippen LogP contribution in [0.15, 0.2) is 18.2 Å². The van der Waals surface area contributed by atoms with Crippen LogP contribution in [-0.4, -0.2) is 5.91 Å². The van der Waals surface area contributed by atoms with E-state index in [1.165, 1.54) is 12.1 Å². The number of nitrogens with one attached hydrogen (secondary N) is 1. The van der Waals surface area contributed by atoms with Gasteiger partial charge in [-0.25, -0.2) is 4.39 Å². The fourth-order valence-corrected chi connectivity index (χ4v) is 1.32. The van der Waals surface area contributed by atoms with Gasteiger partial charge in [-0.05, 0) is 18.6 Å². The van der Waals surface area contributed by atoms with Crippen molar-refractivity contribution in [1.29, 1.82) is 0 Å². The summed E-state index contributed by atoms with van der Waals surface area (Å²) in [6, 6.07) is 4.53. The van der Waals surface area contributed by atoms with Gasteiger partial charge in [-0.15, -0.1) is 0 Å². The Labute approximate surface area is 93.4 Å². The largest absolute Gasteiger partial charge is 0.324 e. The van der Waals surface area contributed by atoms with Gasteiger partial charge in [-0.2, -0.15) is 0 Å². The van der Waals surface area contributed by atoms with E-state index in [0.717, 1.165) is 12.8 Å². The summed E-state index contributed by atoms with van der Waals surface area (Å²) in [5.41, 5.74) is 0.142. The van der Waals surface area contributed by atoms with Gasteiger partial charge in [0.25, 0.3) is 0 Å². The number of carbonyl (C=O) groups is 1. The van der Waals surface area contributed by atoms with Crippen molar-refractivity contribution in [3.8, 4) is 0 Å². The molecular formula is C11H13ClFNO. The van der Waals surface area contributed by atoms with Crippen molar-refractivity contribution >= 4 is 23.2 Å². The third kappa shape index (κ3) is 3.51. The lowest BCUT2D eigenvalue weighted by Crippen LogP contribution is -2.12. The third-order valence-electron chi connectivity index (χ3n) is 1.98. The molecule has 0 aromatic heterocycles. The topological polar surface area (TPSA) is 29.1 Å². The Balaban J connectivity index is 2.64. The molecule has 0 radical (unpaired) electrons. The minimum atomic E-state index is -0.580. The summed E-state index contributed by atoms with van der Waals surface area (Å²) in [4.78, 5) is 11.3. The number of hydrogen-bond donors (Lipinski definition) is 1. The Morgan fingerprint density at radius 1 is 1.53 bits per heavy atom. The zero-order valence-electron chi connectivity index (χ0n) is 8.52. The van der Waals surface area contributed by atoms with Crippen molar-refractivity contribution in [2.24, 2.45) is 0 Å². The molecule has 15 heavy (non-hydrogen) atoms. The monoisotopic (exact) mass is 229 g/mol. The molecule has 0 unspecified atom stereocenters. The number of benzene rings is 1. The summed E-state index contributed by atoms with van der Waals surface area (Å²) < 4.78 is 13.3. The van der Waals surface area contributed by atoms with Gasteiger partial charge in [-0.3, -0.25) is 4.79 Å². The van der Waals surface area contributed by atoms with Crippen LogP contribution in [0, 0.1) is 5.82 Å². The minimum Gasteiger partial charge on any atom is -0.324 e. The van der Waals surface area contributed by atoms with E-state index in [1.807, 2.05) is 6.92 Å². The smallest absolute Gasteiger partial charge is 0.224 e. The highest BCUT2D eigenvalue weighted by Gasteiger charge is 2.08. The molecular weight excluding hydrogens is 217 g/mol. The van der Waals surface area contributed by atoms with Crippen molar-refractivity contribution in [2.45, 2.75) is 26.2 Å². The average Bonchev–Trinajstić information content (AvgIpc) is 2.22. The summed E-state index contributed by atoms with van der Waals surface area (Å²) >= 11 is 5.58. The van der Waals surface area contributed by atoms with E-state index in [2.05, 4.69) is 5.32 Å². The van der Waals surface area contributed by atoms with Crippen LogP contribution in [0.5, 0.6) is 0 Å². The Hall–Kier alpha value is -1.09. The molecule has 0 heterocycles. The van der Waals surface area contributed by atoms with Gasteiger partial charge in [0.05, 0.1) is 10.7 Å². The summed E-state index contributed by atoms with van der Waals surface area (Å²) in [5.74, 6) is -0.762. The Morgan fingerprint density at radius 2 is 2.27 bits per heavy atom. The number of rotatable bonds is 4. The predicted molar refractivity (Wildman–Crippen MR) is 59.6 cm³/mol. The standard InChI is InChI=1S/C11H13ClFNO/c1-2-3-7-10(15)14-9-6-4-5-8(12)11(9)13/h4-6H,2-3,7H2,1H3,(H,14,15). The number of halogens is 2. The Bertz CT molecular complexity index is 354. The van der Waals surface area contributed by atoms with Crippen LogP contribution >= 0.6 is 11.6 Å². The van der Waals surface area contributed by atoms with Gasteiger partial charge in [0, 0.05) is 6.42 Å². The summed E-state index contributed by atoms with van der Waals surface area (Å²) in [7, 11) is 0. The van der Waals surface area contributed by atoms with Crippen LogP contribution in [0.25, 0.3) is 0 Å². The second-order valence-electron chi connectivity index (χ2n) is 3.25. The highest BCUT2D eigenvalue weighted by atomic mass is 35.5. The SMILES string of the molecule is CCCCC(=O)Nc1cccc(Cl)c1F. The number of carbonyl (C=O) groups excluding carboxylic acids is 1. The maximum atomic E-state index is 13.3. The first kappa shape index (κ1) is 12.0. The van der Waals surface area contributed by atoms with Crippen LogP contribution in [0.4, 0.5) is 10.1 Å². The van der Waals surface area contributed by atoms with Crippen molar-refractivity contribution in [2.75, 3.05) is 5.32 Å². The van der Waals surface area contributed by atoms with Crippen LogP contribution in [0.1, 0.15) is 26.2 Å². The van der Waals surface area contributed by atoms with Crippen molar-refractivity contribution in [3.63, 3.8) is 0 Å². The van der Waals surface area contributed by atoms with Gasteiger partial charge >= 0.3 is 0 Å². The van der Waals surface area contributed by atoms with Crippen molar-refractivity contribution in [3.05, 3.63) is 29.0 Å². The highest BCUT2D eigenvalue weighted by molar-refractivity contribution is 6.31. The predicted octanol–water partition coefficient (Wildman–Crippen LogP) is 3.61. The maximum absolute atomic E-state index is 13.3. The van der Waals surface area contributed by atoms with E-state index in [9.17, 15) is 9.18 Å². The number of unbranched alkanes of at least 4 members (excludes halogenated alkanes) is 1. The lowest BCUT2D eigenvalue weighted by atomic mass is 10.2. The molecule has 0 atom stereocenters. The first-order chi connectivity index (χ1) is 7.15. The van der Waals surface area contributed by atoms with Gasteiger partial charge in [0.1, 0.15) is 0 Å². The third-order valence-corrected chi connectivity index (χ3v) is 2.27. The molecule has 1 rings (SSSR count). The zero-order valence-corrected chi connectivity index (χ0v) is 9.27. The van der Waals surface area contributed by atoms with Crippen LogP contribution in [0.2, 0.25) is 5.02 Å². The normalized spacial score (nSPS) is 10.1. The number of amides is 1. The Morgan fingerprint density at radius 3 is 2.93 bits per heavy atom. The second-order valence-corrected chi connectivity index (χ2v) is 3.66. The van der Waals surface area contributed by atoms with E-state index in [4.69, 9.17) is 11.6 Å². The first-order valence-electron chi connectivity index (χ1n) is 4.89. The maximum Gasteiger partial charge on any atom is 0.224 e. The van der Waals surface area contributed by atoms with E-state index < -0.39 is 5.82 Å². The van der Waals surface area contributed by atoms with Gasteiger partial charge in [0.15, 0.2) is 5.82 Å². The van der Waals surface area contributed by atoms with Gasteiger partial charge < -0.3 is 5.32 Å². The van der Waals surface area contributed by atoms with Crippen LogP contribution in [-0.2, 0) is 4.79 Å². The average molecular weight is 230 g/mol. The molecule has 0 saturated carbocycles. The second kappa shape index (κ2) is 5.71. The molecule has 1 N–H and O–H groups in total. The van der Waals surface area contributed by atoms with Gasteiger partial charge in [0.2, 0.25) is 5.91 Å². The molecule has 0 aliphatic heterocycles. The molecule has 0 aliphatic rings. The van der Waals surface area contributed by atoms with Crippen LogP contribution in [0.3, 0.4) is 0 Å². The molecule has 4 heteroatoms. The quantitative estimate of drug-likeness (QED) is 0.840. The van der Waals surface area contributed by atoms with E-state index in [-0.39, 0.29) is 16.6 Å². The van der Waals surface area contributed by atoms with E-state index in [0.29, 0.717) is 6.42 Å². The van der Waals surface area contributed by atoms with Crippen molar-refractivity contribution < 1.29 is 9.18 Å². The summed E-state index contributed by atoms with van der Waals surface area (Å²) in [6.07, 6.45) is 2.14. The molecule has 0 spiro atoms. The molecule has 1 aromatic rings. The summed E-state index contributed by atoms with van der Waals surface area (Å²) in [6.45, 7) is 1.99. The summed E-state index contributed by atoms with van der Waals surface area (Å²) in [5, 5.41) is 2.50. The molecule has 1 amide bonds. The number of hydrogen-bond acceptors (Lipinski definition) is 1. The van der Waals surface area contributed by atoms with Crippen molar-refractivity contribution in [1.82, 2.24) is 0 Å². The molecule has 82 valence electrons.